The first-order chi connectivity index (χ1) is 10.9. The Balaban J connectivity index is 2.13. The van der Waals surface area contributed by atoms with Crippen molar-refractivity contribution in [2.75, 3.05) is 19.7 Å². The van der Waals surface area contributed by atoms with Crippen molar-refractivity contribution >= 4 is 42.6 Å². The van der Waals surface area contributed by atoms with E-state index in [4.69, 9.17) is 27.9 Å². The molecule has 126 valence electrons. The zero-order chi connectivity index (χ0) is 17.0. The van der Waals surface area contributed by atoms with Gasteiger partial charge in [0.2, 0.25) is 5.91 Å². The van der Waals surface area contributed by atoms with Crippen LogP contribution in [0.25, 0.3) is 0 Å². The fraction of sp³-hybridized carbons (Fsp3) is 0.467. The minimum Gasteiger partial charge on any atom is -0.371 e. The fourth-order valence-corrected chi connectivity index (χ4v) is 3.60. The Morgan fingerprint density at radius 2 is 2.00 bits per heavy atom. The van der Waals surface area contributed by atoms with Crippen molar-refractivity contribution in [2.45, 2.75) is 25.4 Å². The van der Waals surface area contributed by atoms with Crippen LogP contribution in [-0.2, 0) is 20.7 Å². The minimum atomic E-state index is -0.818. The van der Waals surface area contributed by atoms with E-state index >= 15 is 0 Å². The lowest BCUT2D eigenvalue weighted by molar-refractivity contribution is -0.126. The van der Waals surface area contributed by atoms with Gasteiger partial charge in [-0.2, -0.15) is 0 Å². The number of halogens is 2. The lowest BCUT2D eigenvalue weighted by Gasteiger charge is -2.29. The highest BCUT2D eigenvalue weighted by atomic mass is 35.5. The monoisotopic (exact) mass is 376 g/mol. The summed E-state index contributed by atoms with van der Waals surface area (Å²) in [5.74, 6) is -0.206. The Hall–Kier alpha value is -0.710. The maximum atomic E-state index is 12.6. The number of hydrogen-bond donors (Lipinski definition) is 2. The van der Waals surface area contributed by atoms with Gasteiger partial charge in [0.15, 0.2) is 5.52 Å². The van der Waals surface area contributed by atoms with Gasteiger partial charge in [-0.25, -0.2) is 0 Å². The molecular formula is C15H19Cl2N2O3P. The van der Waals surface area contributed by atoms with Crippen LogP contribution in [0, 0.1) is 0 Å². The highest BCUT2D eigenvalue weighted by molar-refractivity contribution is 7.75. The van der Waals surface area contributed by atoms with Gasteiger partial charge in [-0.15, -0.1) is 0 Å². The number of benzene rings is 1. The molecule has 2 atom stereocenters. The molecule has 1 aliphatic rings. The maximum Gasteiger partial charge on any atom is 0.237 e. The van der Waals surface area contributed by atoms with Crippen LogP contribution in [0.5, 0.6) is 0 Å². The van der Waals surface area contributed by atoms with Crippen molar-refractivity contribution in [3.05, 3.63) is 33.8 Å². The third kappa shape index (κ3) is 4.88. The average molecular weight is 377 g/mol. The molecule has 1 fully saturated rings. The van der Waals surface area contributed by atoms with E-state index in [-0.39, 0.29) is 17.5 Å². The molecule has 1 amide bonds. The molecule has 1 heterocycles. The molecular weight excluding hydrogens is 358 g/mol. The molecule has 0 saturated carbocycles. The predicted octanol–water partition coefficient (Wildman–Crippen LogP) is 2.58. The second-order valence-corrected chi connectivity index (χ2v) is 8.22. The molecule has 8 heteroatoms. The Morgan fingerprint density at radius 1 is 1.30 bits per heavy atom. The number of nitrogens with one attached hydrogen (secondary N) is 2. The Morgan fingerprint density at radius 3 is 2.52 bits per heavy atom. The summed E-state index contributed by atoms with van der Waals surface area (Å²) in [6, 6.07) is 4.28. The van der Waals surface area contributed by atoms with Gasteiger partial charge in [-0.05, 0) is 31.7 Å². The fourth-order valence-electron chi connectivity index (χ4n) is 2.06. The summed E-state index contributed by atoms with van der Waals surface area (Å²) in [7, 11) is 0.880. The summed E-state index contributed by atoms with van der Waals surface area (Å²) in [6.07, 6.45) is 1.34. The minimum absolute atomic E-state index is 0.0500. The second kappa shape index (κ2) is 8.41. The maximum absolute atomic E-state index is 12.6. The van der Waals surface area contributed by atoms with Crippen LogP contribution in [-0.4, -0.2) is 43.3 Å². The SMILES string of the molecule is CN[C@H](C)C(=O)N[C@H](Cc1ccc(Cl)c(Cl)c1)C(=O)P1COC1. The van der Waals surface area contributed by atoms with Crippen molar-refractivity contribution < 1.29 is 14.3 Å². The number of ether oxygens (including phenoxy) is 1. The Labute approximate surface area is 146 Å². The van der Waals surface area contributed by atoms with Crippen LogP contribution in [0.15, 0.2) is 18.2 Å². The normalized spacial score (nSPS) is 17.2. The smallest absolute Gasteiger partial charge is 0.237 e. The first-order valence-corrected chi connectivity index (χ1v) is 9.67. The zero-order valence-corrected chi connectivity index (χ0v) is 15.3. The van der Waals surface area contributed by atoms with Crippen LogP contribution < -0.4 is 10.6 Å². The van der Waals surface area contributed by atoms with Gasteiger partial charge in [0.25, 0.3) is 0 Å². The first-order valence-electron chi connectivity index (χ1n) is 7.20. The molecule has 0 unspecified atom stereocenters. The van der Waals surface area contributed by atoms with E-state index in [1.54, 1.807) is 26.1 Å². The molecule has 5 nitrogen and oxygen atoms in total. The van der Waals surface area contributed by atoms with E-state index in [2.05, 4.69) is 10.6 Å². The third-order valence-electron chi connectivity index (χ3n) is 3.67. The summed E-state index contributed by atoms with van der Waals surface area (Å²) in [5.41, 5.74) is 0.903. The highest BCUT2D eigenvalue weighted by Gasteiger charge is 2.33. The molecule has 0 bridgehead atoms. The average Bonchev–Trinajstić information content (AvgIpc) is 2.47. The van der Waals surface area contributed by atoms with Crippen molar-refractivity contribution in [1.29, 1.82) is 0 Å². The molecule has 0 spiro atoms. The summed E-state index contributed by atoms with van der Waals surface area (Å²) in [4.78, 5) is 24.7. The number of carbonyl (C=O) groups is 2. The van der Waals surface area contributed by atoms with Crippen LogP contribution in [0.1, 0.15) is 12.5 Å². The van der Waals surface area contributed by atoms with Gasteiger partial charge >= 0.3 is 0 Å². The third-order valence-corrected chi connectivity index (χ3v) is 6.33. The van der Waals surface area contributed by atoms with Gasteiger partial charge in [0.05, 0.1) is 34.8 Å². The van der Waals surface area contributed by atoms with E-state index in [0.29, 0.717) is 29.2 Å². The topological polar surface area (TPSA) is 67.4 Å². The standard InChI is InChI=1S/C15H19Cl2N2O3P/c1-9(18-2)14(20)19-13(15(21)23-7-22-8-23)6-10-3-4-11(16)12(17)5-10/h3-5,9,13,18H,6-8H2,1-2H3,(H,19,20)/t9-,13-/m1/s1. The van der Waals surface area contributed by atoms with Gasteiger partial charge in [-0.1, -0.05) is 29.3 Å². The number of carbonyl (C=O) groups excluding carboxylic acids is 2. The van der Waals surface area contributed by atoms with Crippen LogP contribution in [0.2, 0.25) is 10.0 Å². The van der Waals surface area contributed by atoms with E-state index in [0.717, 1.165) is 5.56 Å². The van der Waals surface area contributed by atoms with Crippen molar-refractivity contribution in [1.82, 2.24) is 10.6 Å². The Bertz CT molecular complexity index is 596. The van der Waals surface area contributed by atoms with Crippen LogP contribution >= 0.6 is 31.1 Å². The molecule has 2 rings (SSSR count). The van der Waals surface area contributed by atoms with Crippen LogP contribution in [0.3, 0.4) is 0 Å². The highest BCUT2D eigenvalue weighted by Crippen LogP contribution is 2.45. The molecule has 0 aromatic heterocycles. The predicted molar refractivity (Wildman–Crippen MR) is 93.4 cm³/mol. The van der Waals surface area contributed by atoms with Gasteiger partial charge in [-0.3, -0.25) is 9.59 Å². The lowest BCUT2D eigenvalue weighted by Crippen LogP contribution is -2.49. The van der Waals surface area contributed by atoms with Gasteiger partial charge in [0, 0.05) is 14.3 Å². The number of amides is 1. The van der Waals surface area contributed by atoms with Gasteiger partial charge < -0.3 is 15.4 Å². The zero-order valence-electron chi connectivity index (χ0n) is 12.9. The molecule has 0 aliphatic carbocycles. The molecule has 0 radical (unpaired) electrons. The number of likely N-dealkylation sites (N-methyl/N-ethyl adjacent to an activating group) is 1. The molecule has 1 aromatic carbocycles. The summed E-state index contributed by atoms with van der Waals surface area (Å²) in [6.45, 7) is 1.74. The lowest BCUT2D eigenvalue weighted by atomic mass is 10.1. The quantitative estimate of drug-likeness (QED) is 0.717. The molecule has 1 aromatic rings. The second-order valence-electron chi connectivity index (χ2n) is 5.36. The molecule has 1 saturated heterocycles. The van der Waals surface area contributed by atoms with Crippen molar-refractivity contribution in [2.24, 2.45) is 0 Å². The summed E-state index contributed by atoms with van der Waals surface area (Å²) >= 11 is 11.9. The molecule has 23 heavy (non-hydrogen) atoms. The van der Waals surface area contributed by atoms with E-state index < -0.39 is 14.0 Å². The van der Waals surface area contributed by atoms with E-state index in [9.17, 15) is 9.59 Å². The first kappa shape index (κ1) is 18.6. The van der Waals surface area contributed by atoms with Crippen molar-refractivity contribution in [3.63, 3.8) is 0 Å². The number of hydrogen-bond acceptors (Lipinski definition) is 4. The van der Waals surface area contributed by atoms with E-state index in [1.165, 1.54) is 0 Å². The Kier molecular flexibility index (Phi) is 6.81. The molecule has 2 N–H and O–H groups in total. The summed E-state index contributed by atoms with van der Waals surface area (Å²) < 4.78 is 5.11. The van der Waals surface area contributed by atoms with Gasteiger partial charge in [0.1, 0.15) is 0 Å². The molecule has 1 aliphatic heterocycles. The largest absolute Gasteiger partial charge is 0.371 e. The summed E-state index contributed by atoms with van der Waals surface area (Å²) in [5, 5.41) is 6.59. The van der Waals surface area contributed by atoms with Crippen LogP contribution in [0.4, 0.5) is 0 Å². The van der Waals surface area contributed by atoms with E-state index in [1.807, 2.05) is 6.07 Å². The van der Waals surface area contributed by atoms with Crippen molar-refractivity contribution in [3.8, 4) is 0 Å². The number of rotatable bonds is 7.